The van der Waals surface area contributed by atoms with Gasteiger partial charge in [0.2, 0.25) is 11.8 Å². The number of phenols is 4. The molecule has 0 radical (unpaired) electrons. The van der Waals surface area contributed by atoms with Gasteiger partial charge in [-0.2, -0.15) is 0 Å². The van der Waals surface area contributed by atoms with Crippen LogP contribution in [0.2, 0.25) is 0 Å². The van der Waals surface area contributed by atoms with E-state index < -0.39 is 53.9 Å². The number of benzene rings is 2. The first kappa shape index (κ1) is 20.4. The quantitative estimate of drug-likeness (QED) is 0.457. The average Bonchev–Trinajstić information content (AvgIpc) is 2.62. The SMILES string of the molecule is CC(=O)N(CC(=O)N(CC(=O)O)c1ccc(O)c(O)c1)c1ccc(O)c(O)c1. The van der Waals surface area contributed by atoms with Crippen molar-refractivity contribution >= 4 is 29.2 Å². The van der Waals surface area contributed by atoms with Crippen LogP contribution in [0, 0.1) is 0 Å². The predicted octanol–water partition coefficient (Wildman–Crippen LogP) is 0.980. The van der Waals surface area contributed by atoms with Crippen LogP contribution in [0.3, 0.4) is 0 Å². The molecule has 0 aliphatic heterocycles. The van der Waals surface area contributed by atoms with Crippen LogP contribution in [0.5, 0.6) is 23.0 Å². The number of rotatable bonds is 6. The Morgan fingerprint density at radius 1 is 0.750 bits per heavy atom. The normalized spacial score (nSPS) is 10.3. The lowest BCUT2D eigenvalue weighted by Gasteiger charge is -2.26. The van der Waals surface area contributed by atoms with Crippen LogP contribution in [-0.2, 0) is 14.4 Å². The highest BCUT2D eigenvalue weighted by atomic mass is 16.4. The summed E-state index contributed by atoms with van der Waals surface area (Å²) in [6.07, 6.45) is 0. The molecule has 28 heavy (non-hydrogen) atoms. The zero-order valence-corrected chi connectivity index (χ0v) is 14.7. The summed E-state index contributed by atoms with van der Waals surface area (Å²) in [6, 6.07) is 6.86. The molecule has 0 fully saturated rings. The van der Waals surface area contributed by atoms with Crippen molar-refractivity contribution in [2.75, 3.05) is 22.9 Å². The van der Waals surface area contributed by atoms with Gasteiger partial charge in [-0.3, -0.25) is 19.3 Å². The van der Waals surface area contributed by atoms with Gasteiger partial charge in [-0.1, -0.05) is 0 Å². The molecule has 0 bridgehead atoms. The molecular weight excluding hydrogens is 372 g/mol. The van der Waals surface area contributed by atoms with Gasteiger partial charge in [-0.25, -0.2) is 0 Å². The number of hydrogen-bond acceptors (Lipinski definition) is 7. The number of anilines is 2. The van der Waals surface area contributed by atoms with Crippen LogP contribution in [0.4, 0.5) is 11.4 Å². The smallest absolute Gasteiger partial charge is 0.323 e. The highest BCUT2D eigenvalue weighted by molar-refractivity contribution is 6.05. The van der Waals surface area contributed by atoms with Gasteiger partial charge in [0.05, 0.1) is 0 Å². The summed E-state index contributed by atoms with van der Waals surface area (Å²) < 4.78 is 0. The molecule has 5 N–H and O–H groups in total. The van der Waals surface area contributed by atoms with E-state index in [-0.39, 0.29) is 11.4 Å². The Bertz CT molecular complexity index is 928. The molecule has 0 aliphatic rings. The van der Waals surface area contributed by atoms with Crippen LogP contribution in [0.25, 0.3) is 0 Å². The lowest BCUT2D eigenvalue weighted by atomic mass is 10.2. The van der Waals surface area contributed by atoms with Crippen LogP contribution in [-0.4, -0.2) is 56.4 Å². The molecule has 0 saturated heterocycles. The minimum absolute atomic E-state index is 0.000226. The van der Waals surface area contributed by atoms with Crippen LogP contribution < -0.4 is 9.80 Å². The number of carbonyl (C=O) groups excluding carboxylic acids is 2. The van der Waals surface area contributed by atoms with Crippen LogP contribution in [0.15, 0.2) is 36.4 Å². The number of carboxylic acid groups (broad SMARTS) is 1. The van der Waals surface area contributed by atoms with Gasteiger partial charge >= 0.3 is 5.97 Å². The maximum Gasteiger partial charge on any atom is 0.323 e. The molecule has 0 heterocycles. The maximum absolute atomic E-state index is 12.7. The maximum atomic E-state index is 12.7. The van der Waals surface area contributed by atoms with Crippen LogP contribution >= 0.6 is 0 Å². The monoisotopic (exact) mass is 390 g/mol. The summed E-state index contributed by atoms with van der Waals surface area (Å²) in [4.78, 5) is 37.7. The third-order valence-corrected chi connectivity index (χ3v) is 3.81. The second-order valence-electron chi connectivity index (χ2n) is 5.82. The molecule has 2 aromatic carbocycles. The number of carbonyl (C=O) groups is 3. The third kappa shape index (κ3) is 4.61. The molecule has 0 saturated carbocycles. The average molecular weight is 390 g/mol. The Labute approximate surface area is 159 Å². The summed E-state index contributed by atoms with van der Waals surface area (Å²) in [5, 5.41) is 47.1. The fourth-order valence-corrected chi connectivity index (χ4v) is 2.42. The van der Waals surface area contributed by atoms with E-state index in [1.165, 1.54) is 19.1 Å². The van der Waals surface area contributed by atoms with E-state index >= 15 is 0 Å². The first-order chi connectivity index (χ1) is 13.1. The summed E-state index contributed by atoms with van der Waals surface area (Å²) in [7, 11) is 0. The topological polar surface area (TPSA) is 159 Å². The molecule has 0 aromatic heterocycles. The zero-order chi connectivity index (χ0) is 21.0. The molecule has 10 heteroatoms. The second kappa shape index (κ2) is 8.16. The highest BCUT2D eigenvalue weighted by Gasteiger charge is 2.24. The van der Waals surface area contributed by atoms with E-state index in [0.717, 1.165) is 34.1 Å². The van der Waals surface area contributed by atoms with E-state index in [0.29, 0.717) is 0 Å². The molecule has 0 atom stereocenters. The van der Waals surface area contributed by atoms with E-state index in [4.69, 9.17) is 5.11 Å². The summed E-state index contributed by atoms with van der Waals surface area (Å²) in [5.41, 5.74) is 0.111. The lowest BCUT2D eigenvalue weighted by Crippen LogP contribution is -2.44. The van der Waals surface area contributed by atoms with E-state index in [2.05, 4.69) is 0 Å². The predicted molar refractivity (Wildman–Crippen MR) is 97.6 cm³/mol. The van der Waals surface area contributed by atoms with Crippen molar-refractivity contribution < 1.29 is 39.9 Å². The van der Waals surface area contributed by atoms with E-state index in [1.54, 1.807) is 0 Å². The Morgan fingerprint density at radius 3 is 1.61 bits per heavy atom. The number of nitrogens with zero attached hydrogens (tertiary/aromatic N) is 2. The van der Waals surface area contributed by atoms with Crippen molar-refractivity contribution in [1.29, 1.82) is 0 Å². The highest BCUT2D eigenvalue weighted by Crippen LogP contribution is 2.31. The molecule has 10 nitrogen and oxygen atoms in total. The number of aliphatic carboxylic acids is 1. The van der Waals surface area contributed by atoms with Gasteiger partial charge in [0.15, 0.2) is 23.0 Å². The summed E-state index contributed by atoms with van der Waals surface area (Å²) in [6.45, 7) is -0.158. The Hall–Kier alpha value is -3.95. The molecule has 148 valence electrons. The number of phenolic OH excluding ortho intramolecular Hbond substituents is 4. The Morgan fingerprint density at radius 2 is 1.21 bits per heavy atom. The fraction of sp³-hybridized carbons (Fsp3) is 0.167. The largest absolute Gasteiger partial charge is 0.504 e. The number of aromatic hydroxyl groups is 4. The summed E-state index contributed by atoms with van der Waals surface area (Å²) in [5.74, 6) is -4.60. The van der Waals surface area contributed by atoms with Crippen molar-refractivity contribution in [1.82, 2.24) is 0 Å². The van der Waals surface area contributed by atoms with Gasteiger partial charge in [0.25, 0.3) is 0 Å². The Kier molecular flexibility index (Phi) is 5.94. The molecule has 2 rings (SSSR count). The minimum atomic E-state index is -1.34. The van der Waals surface area contributed by atoms with Gasteiger partial charge in [0.1, 0.15) is 13.1 Å². The first-order valence-corrected chi connectivity index (χ1v) is 7.94. The molecule has 2 aromatic rings. The van der Waals surface area contributed by atoms with Crippen LogP contribution in [0.1, 0.15) is 6.92 Å². The number of carboxylic acids is 1. The minimum Gasteiger partial charge on any atom is -0.504 e. The van der Waals surface area contributed by atoms with E-state index in [1.807, 2.05) is 0 Å². The number of amides is 2. The van der Waals surface area contributed by atoms with Gasteiger partial charge in [-0.15, -0.1) is 0 Å². The molecular formula is C18H18N2O8. The lowest BCUT2D eigenvalue weighted by molar-refractivity contribution is -0.136. The fourth-order valence-electron chi connectivity index (χ4n) is 2.42. The van der Waals surface area contributed by atoms with Crippen molar-refractivity contribution in [3.05, 3.63) is 36.4 Å². The Balaban J connectivity index is 2.36. The van der Waals surface area contributed by atoms with Gasteiger partial charge in [-0.05, 0) is 24.3 Å². The molecule has 0 spiro atoms. The zero-order valence-electron chi connectivity index (χ0n) is 14.7. The van der Waals surface area contributed by atoms with Gasteiger partial charge < -0.3 is 30.4 Å². The van der Waals surface area contributed by atoms with Crippen molar-refractivity contribution in [3.8, 4) is 23.0 Å². The van der Waals surface area contributed by atoms with E-state index in [9.17, 15) is 34.8 Å². The first-order valence-electron chi connectivity index (χ1n) is 7.94. The summed E-state index contributed by atoms with van der Waals surface area (Å²) >= 11 is 0. The molecule has 0 unspecified atom stereocenters. The van der Waals surface area contributed by atoms with Crippen molar-refractivity contribution in [3.63, 3.8) is 0 Å². The standard InChI is InChI=1S/C18H18N2O8/c1-10(21)19(11-2-4-13(22)15(24)6-11)8-17(26)20(9-18(27)28)12-3-5-14(23)16(25)7-12/h2-7,22-25H,8-9H2,1H3,(H,27,28). The molecule has 2 amide bonds. The second-order valence-corrected chi connectivity index (χ2v) is 5.82. The van der Waals surface area contributed by atoms with Gasteiger partial charge in [0, 0.05) is 30.4 Å². The van der Waals surface area contributed by atoms with Crippen molar-refractivity contribution in [2.45, 2.75) is 6.92 Å². The number of hydrogen-bond donors (Lipinski definition) is 5. The third-order valence-electron chi connectivity index (χ3n) is 3.81. The molecule has 0 aliphatic carbocycles. The van der Waals surface area contributed by atoms with Crippen molar-refractivity contribution in [2.24, 2.45) is 0 Å².